The fourth-order valence-electron chi connectivity index (χ4n) is 5.28. The average molecular weight is 527 g/mol. The molecule has 9 heteroatoms. The molecule has 2 unspecified atom stereocenters. The molecule has 37 heavy (non-hydrogen) atoms. The van der Waals surface area contributed by atoms with Gasteiger partial charge in [0.2, 0.25) is 0 Å². The fourth-order valence-corrected chi connectivity index (χ4v) is 6.07. The minimum atomic E-state index is -1.10. The van der Waals surface area contributed by atoms with E-state index in [1.807, 2.05) is 24.3 Å². The number of benzene rings is 1. The molecule has 0 radical (unpaired) electrons. The largest absolute Gasteiger partial charge is 0.497 e. The maximum absolute atomic E-state index is 15.5. The Hall–Kier alpha value is -2.78. The molecule has 1 aliphatic rings. The number of likely N-dealkylation sites (tertiary alicyclic amines) is 1. The number of carboxylic acid groups (broad SMARTS) is 1. The summed E-state index contributed by atoms with van der Waals surface area (Å²) in [6.45, 7) is 2.84. The highest BCUT2D eigenvalue weighted by Crippen LogP contribution is 2.36. The van der Waals surface area contributed by atoms with Gasteiger partial charge in [0.1, 0.15) is 11.9 Å². The van der Waals surface area contributed by atoms with Gasteiger partial charge in [0, 0.05) is 29.4 Å². The van der Waals surface area contributed by atoms with Crippen LogP contribution in [0.15, 0.2) is 53.8 Å². The van der Waals surface area contributed by atoms with Gasteiger partial charge in [-0.15, -0.1) is 11.8 Å². The summed E-state index contributed by atoms with van der Waals surface area (Å²) in [5.41, 5.74) is 1.40. The number of thioether (sulfide) groups is 1. The van der Waals surface area contributed by atoms with E-state index in [4.69, 9.17) is 4.74 Å². The highest BCUT2D eigenvalue weighted by Gasteiger charge is 2.30. The second kappa shape index (κ2) is 13.7. The van der Waals surface area contributed by atoms with Gasteiger partial charge in [0.15, 0.2) is 0 Å². The number of nitrogens with zero attached hydrogens (tertiary/aromatic N) is 4. The first-order valence-corrected chi connectivity index (χ1v) is 13.9. The first-order chi connectivity index (χ1) is 18.0. The van der Waals surface area contributed by atoms with Gasteiger partial charge >= 0.3 is 5.97 Å². The SMILES string of the molecule is COc1ccc2nccc([C@@H](F)CCC3CCN(CCCSc4ccnnc4)CC3CCC(=O)O)c2c1. The molecule has 2 aromatic heterocycles. The Balaban J connectivity index is 1.32. The second-order valence-electron chi connectivity index (χ2n) is 9.65. The van der Waals surface area contributed by atoms with Gasteiger partial charge in [0.25, 0.3) is 0 Å². The lowest BCUT2D eigenvalue weighted by molar-refractivity contribution is -0.137. The van der Waals surface area contributed by atoms with Crippen molar-refractivity contribution in [2.45, 2.75) is 49.6 Å². The second-order valence-corrected chi connectivity index (χ2v) is 10.8. The van der Waals surface area contributed by atoms with Gasteiger partial charge in [0.05, 0.1) is 25.0 Å². The van der Waals surface area contributed by atoms with Crippen LogP contribution in [0.4, 0.5) is 4.39 Å². The molecule has 7 nitrogen and oxygen atoms in total. The van der Waals surface area contributed by atoms with E-state index in [1.165, 1.54) is 0 Å². The lowest BCUT2D eigenvalue weighted by atomic mass is 9.79. The lowest BCUT2D eigenvalue weighted by Crippen LogP contribution is -2.41. The summed E-state index contributed by atoms with van der Waals surface area (Å²) < 4.78 is 20.9. The monoisotopic (exact) mass is 526 g/mol. The normalized spacial score (nSPS) is 19.1. The van der Waals surface area contributed by atoms with Crippen LogP contribution in [-0.4, -0.2) is 63.7 Å². The molecule has 0 amide bonds. The minimum absolute atomic E-state index is 0.160. The smallest absolute Gasteiger partial charge is 0.303 e. The molecule has 3 heterocycles. The van der Waals surface area contributed by atoms with Crippen LogP contribution in [0.2, 0.25) is 0 Å². The summed E-state index contributed by atoms with van der Waals surface area (Å²) in [5, 5.41) is 17.8. The Morgan fingerprint density at radius 2 is 2.11 bits per heavy atom. The Bertz CT molecular complexity index is 1150. The molecule has 1 N–H and O–H groups in total. The molecular weight excluding hydrogens is 491 g/mol. The number of carbonyl (C=O) groups is 1. The number of ether oxygens (including phenoxy) is 1. The van der Waals surface area contributed by atoms with Gasteiger partial charge in [-0.1, -0.05) is 0 Å². The number of alkyl halides is 1. The standard InChI is InChI=1S/C28H35FN4O3S/c1-36-22-5-7-27-25(17-22)24(10-12-30-27)26(29)6-3-20-11-15-33(19-21(20)4-8-28(34)35)14-2-16-37-23-9-13-31-32-18-23/h5,7,9-10,12-13,17-18,20-21,26H,2-4,6,8,11,14-16,19H2,1H3,(H,34,35)/t20?,21?,26-/m0/s1. The van der Waals surface area contributed by atoms with E-state index in [-0.39, 0.29) is 12.3 Å². The third-order valence-corrected chi connectivity index (χ3v) is 8.33. The maximum atomic E-state index is 15.5. The lowest BCUT2D eigenvalue weighted by Gasteiger charge is -2.39. The van der Waals surface area contributed by atoms with Gasteiger partial charge in [-0.05, 0) is 98.7 Å². The number of rotatable bonds is 13. The average Bonchev–Trinajstić information content (AvgIpc) is 2.93. The number of aliphatic carboxylic acids is 1. The molecule has 0 saturated carbocycles. The molecular formula is C28H35FN4O3S. The summed E-state index contributed by atoms with van der Waals surface area (Å²) in [6, 6.07) is 9.27. The highest BCUT2D eigenvalue weighted by molar-refractivity contribution is 7.99. The number of pyridine rings is 1. The summed E-state index contributed by atoms with van der Waals surface area (Å²) in [4.78, 5) is 19.2. The van der Waals surface area contributed by atoms with Crippen molar-refractivity contribution < 1.29 is 19.0 Å². The highest BCUT2D eigenvalue weighted by atomic mass is 32.2. The number of methoxy groups -OCH3 is 1. The third-order valence-electron chi connectivity index (χ3n) is 7.26. The molecule has 0 spiro atoms. The van der Waals surface area contributed by atoms with E-state index in [2.05, 4.69) is 20.1 Å². The number of halogens is 1. The van der Waals surface area contributed by atoms with Crippen LogP contribution in [0, 0.1) is 11.8 Å². The Kier molecular flexibility index (Phi) is 10.1. The van der Waals surface area contributed by atoms with Crippen molar-refractivity contribution in [2.75, 3.05) is 32.5 Å². The van der Waals surface area contributed by atoms with E-state index >= 15 is 4.39 Å². The quantitative estimate of drug-likeness (QED) is 0.221. The summed E-state index contributed by atoms with van der Waals surface area (Å²) >= 11 is 1.78. The first kappa shape index (κ1) is 27.3. The van der Waals surface area contributed by atoms with Crippen molar-refractivity contribution >= 4 is 28.6 Å². The molecule has 1 saturated heterocycles. The predicted molar refractivity (Wildman–Crippen MR) is 144 cm³/mol. The molecule has 1 aliphatic heterocycles. The summed E-state index contributed by atoms with van der Waals surface area (Å²) in [6.07, 6.45) is 8.03. The van der Waals surface area contributed by atoms with E-state index < -0.39 is 12.1 Å². The molecule has 0 bridgehead atoms. The fraction of sp³-hybridized carbons (Fsp3) is 0.500. The maximum Gasteiger partial charge on any atom is 0.303 e. The van der Waals surface area contributed by atoms with Gasteiger partial charge in [-0.2, -0.15) is 10.2 Å². The van der Waals surface area contributed by atoms with E-state index in [1.54, 1.807) is 43.5 Å². The van der Waals surface area contributed by atoms with Gasteiger partial charge < -0.3 is 14.7 Å². The van der Waals surface area contributed by atoms with Crippen LogP contribution in [0.1, 0.15) is 50.3 Å². The van der Waals surface area contributed by atoms with Crippen LogP contribution < -0.4 is 4.74 Å². The van der Waals surface area contributed by atoms with Gasteiger partial charge in [-0.25, -0.2) is 4.39 Å². The zero-order valence-electron chi connectivity index (χ0n) is 21.3. The third kappa shape index (κ3) is 7.85. The van der Waals surface area contributed by atoms with Crippen LogP contribution >= 0.6 is 11.8 Å². The molecule has 4 rings (SSSR count). The number of hydrogen-bond acceptors (Lipinski definition) is 7. The van der Waals surface area contributed by atoms with E-state index in [9.17, 15) is 9.90 Å². The van der Waals surface area contributed by atoms with Crippen molar-refractivity contribution in [2.24, 2.45) is 11.8 Å². The zero-order chi connectivity index (χ0) is 26.0. The molecule has 3 aromatic rings. The van der Waals surface area contributed by atoms with Crippen molar-refractivity contribution in [1.82, 2.24) is 20.1 Å². The number of fused-ring (bicyclic) bond motifs is 1. The topological polar surface area (TPSA) is 88.4 Å². The minimum Gasteiger partial charge on any atom is -0.497 e. The Morgan fingerprint density at radius 1 is 1.22 bits per heavy atom. The van der Waals surface area contributed by atoms with Crippen LogP contribution in [0.3, 0.4) is 0 Å². The van der Waals surface area contributed by atoms with E-state index in [0.29, 0.717) is 30.1 Å². The zero-order valence-corrected chi connectivity index (χ0v) is 22.1. The predicted octanol–water partition coefficient (Wildman–Crippen LogP) is 5.81. The van der Waals surface area contributed by atoms with Crippen molar-refractivity contribution in [3.05, 3.63) is 54.5 Å². The number of aromatic nitrogens is 3. The van der Waals surface area contributed by atoms with Crippen LogP contribution in [0.5, 0.6) is 5.75 Å². The first-order valence-electron chi connectivity index (χ1n) is 12.9. The molecule has 1 aromatic carbocycles. The molecule has 198 valence electrons. The summed E-state index contributed by atoms with van der Waals surface area (Å²) in [7, 11) is 1.60. The number of piperidine rings is 1. The van der Waals surface area contributed by atoms with Crippen molar-refractivity contribution in [1.29, 1.82) is 0 Å². The Labute approximate surface area is 221 Å². The van der Waals surface area contributed by atoms with Crippen molar-refractivity contribution in [3.8, 4) is 5.75 Å². The Morgan fingerprint density at radius 3 is 2.89 bits per heavy atom. The molecule has 0 aliphatic carbocycles. The summed E-state index contributed by atoms with van der Waals surface area (Å²) in [5.74, 6) is 1.52. The van der Waals surface area contributed by atoms with E-state index in [0.717, 1.165) is 60.4 Å². The van der Waals surface area contributed by atoms with Crippen LogP contribution in [-0.2, 0) is 4.79 Å². The molecule has 1 fully saturated rings. The number of carboxylic acids is 1. The number of hydrogen-bond donors (Lipinski definition) is 1. The molecule has 3 atom stereocenters. The van der Waals surface area contributed by atoms with Crippen LogP contribution in [0.25, 0.3) is 10.9 Å². The van der Waals surface area contributed by atoms with Crippen molar-refractivity contribution in [3.63, 3.8) is 0 Å². The van der Waals surface area contributed by atoms with Gasteiger partial charge in [-0.3, -0.25) is 9.78 Å².